The SMILES string of the molecule is CCn1nc(C)c(/C=c2/sc3n(c2=O)[C@@H](c2ccc(OC)cc2)C(C(=O)Nc2ccccc2C)=C(C)N=3)c1C. The van der Waals surface area contributed by atoms with E-state index in [1.165, 1.54) is 11.3 Å². The molecule has 3 heterocycles. The zero-order chi connectivity index (χ0) is 27.8. The molecular formula is C30H31N5O3S. The van der Waals surface area contributed by atoms with Gasteiger partial charge in [-0.25, -0.2) is 4.99 Å². The van der Waals surface area contributed by atoms with E-state index in [0.29, 0.717) is 32.0 Å². The number of para-hydroxylation sites is 1. The van der Waals surface area contributed by atoms with Gasteiger partial charge in [-0.1, -0.05) is 41.7 Å². The molecule has 0 spiro atoms. The van der Waals surface area contributed by atoms with E-state index in [9.17, 15) is 9.59 Å². The van der Waals surface area contributed by atoms with Gasteiger partial charge in [0, 0.05) is 23.5 Å². The monoisotopic (exact) mass is 541 g/mol. The Balaban J connectivity index is 1.69. The number of thiazole rings is 1. The first kappa shape index (κ1) is 26.4. The zero-order valence-corrected chi connectivity index (χ0v) is 23.7. The normalized spacial score (nSPS) is 15.2. The van der Waals surface area contributed by atoms with Crippen LogP contribution in [0, 0.1) is 20.8 Å². The van der Waals surface area contributed by atoms with Gasteiger partial charge >= 0.3 is 0 Å². The lowest BCUT2D eigenvalue weighted by atomic mass is 9.95. The third-order valence-electron chi connectivity index (χ3n) is 7.10. The van der Waals surface area contributed by atoms with Gasteiger partial charge in [0.1, 0.15) is 5.75 Å². The van der Waals surface area contributed by atoms with Gasteiger partial charge in [-0.3, -0.25) is 18.8 Å². The number of carbonyl (C=O) groups is 1. The molecular weight excluding hydrogens is 510 g/mol. The number of nitrogens with zero attached hydrogens (tertiary/aromatic N) is 4. The quantitative estimate of drug-likeness (QED) is 0.399. The minimum atomic E-state index is -0.654. The number of allylic oxidation sites excluding steroid dienone is 1. The highest BCUT2D eigenvalue weighted by molar-refractivity contribution is 7.07. The summed E-state index contributed by atoms with van der Waals surface area (Å²) in [6.07, 6.45) is 1.89. The van der Waals surface area contributed by atoms with Gasteiger partial charge in [0.25, 0.3) is 11.5 Å². The van der Waals surface area contributed by atoms with E-state index in [1.54, 1.807) is 11.7 Å². The topological polar surface area (TPSA) is 90.5 Å². The summed E-state index contributed by atoms with van der Waals surface area (Å²) >= 11 is 1.32. The summed E-state index contributed by atoms with van der Waals surface area (Å²) < 4.78 is 9.46. The van der Waals surface area contributed by atoms with E-state index in [1.807, 2.05) is 93.9 Å². The molecule has 39 heavy (non-hydrogen) atoms. The number of methoxy groups -OCH3 is 1. The number of ether oxygens (including phenoxy) is 1. The summed E-state index contributed by atoms with van der Waals surface area (Å²) in [7, 11) is 1.61. The Morgan fingerprint density at radius 3 is 2.46 bits per heavy atom. The van der Waals surface area contributed by atoms with E-state index in [0.717, 1.165) is 34.6 Å². The smallest absolute Gasteiger partial charge is 0.271 e. The molecule has 0 saturated heterocycles. The number of hydrogen-bond donors (Lipinski definition) is 1. The number of aromatic nitrogens is 3. The summed E-state index contributed by atoms with van der Waals surface area (Å²) in [5, 5.41) is 7.64. The van der Waals surface area contributed by atoms with Crippen LogP contribution in [-0.2, 0) is 11.3 Å². The van der Waals surface area contributed by atoms with Gasteiger partial charge in [0.2, 0.25) is 0 Å². The largest absolute Gasteiger partial charge is 0.497 e. The van der Waals surface area contributed by atoms with Crippen LogP contribution in [0.25, 0.3) is 6.08 Å². The van der Waals surface area contributed by atoms with Crippen molar-refractivity contribution in [2.75, 3.05) is 12.4 Å². The number of amides is 1. The van der Waals surface area contributed by atoms with Crippen molar-refractivity contribution in [1.82, 2.24) is 14.3 Å². The van der Waals surface area contributed by atoms with Gasteiger partial charge in [-0.2, -0.15) is 5.10 Å². The van der Waals surface area contributed by atoms with Crippen LogP contribution in [0.15, 0.2) is 69.6 Å². The maximum Gasteiger partial charge on any atom is 0.271 e. The van der Waals surface area contributed by atoms with Crippen molar-refractivity contribution in [2.45, 2.75) is 47.2 Å². The lowest BCUT2D eigenvalue weighted by Crippen LogP contribution is -2.40. The number of benzene rings is 2. The molecule has 9 heteroatoms. The second-order valence-corrected chi connectivity index (χ2v) is 10.5. The first-order chi connectivity index (χ1) is 18.7. The van der Waals surface area contributed by atoms with E-state index in [4.69, 9.17) is 9.73 Å². The summed E-state index contributed by atoms with van der Waals surface area (Å²) in [4.78, 5) is 33.1. The molecule has 0 fully saturated rings. The van der Waals surface area contributed by atoms with Crippen molar-refractivity contribution in [1.29, 1.82) is 0 Å². The van der Waals surface area contributed by atoms with Crippen LogP contribution in [0.2, 0.25) is 0 Å². The second kappa shape index (κ2) is 10.5. The second-order valence-electron chi connectivity index (χ2n) is 9.52. The predicted octanol–water partition coefficient (Wildman–Crippen LogP) is 4.02. The van der Waals surface area contributed by atoms with Gasteiger partial charge in [0.15, 0.2) is 4.80 Å². The fourth-order valence-electron chi connectivity index (χ4n) is 4.97. The third-order valence-corrected chi connectivity index (χ3v) is 8.09. The van der Waals surface area contributed by atoms with Gasteiger partial charge < -0.3 is 10.1 Å². The van der Waals surface area contributed by atoms with Crippen molar-refractivity contribution in [3.05, 3.63) is 108 Å². The number of aryl methyl sites for hydroxylation is 3. The lowest BCUT2D eigenvalue weighted by molar-refractivity contribution is -0.113. The molecule has 8 nitrogen and oxygen atoms in total. The summed E-state index contributed by atoms with van der Waals surface area (Å²) in [5.74, 6) is 0.396. The van der Waals surface area contributed by atoms with E-state index >= 15 is 0 Å². The van der Waals surface area contributed by atoms with Gasteiger partial charge in [-0.15, -0.1) is 0 Å². The summed E-state index contributed by atoms with van der Waals surface area (Å²) in [5.41, 5.74) is 6.04. The highest BCUT2D eigenvalue weighted by Crippen LogP contribution is 2.32. The molecule has 1 amide bonds. The molecule has 1 atom stereocenters. The highest BCUT2D eigenvalue weighted by atomic mass is 32.1. The van der Waals surface area contributed by atoms with E-state index in [2.05, 4.69) is 10.4 Å². The first-order valence-electron chi connectivity index (χ1n) is 12.8. The maximum absolute atomic E-state index is 14.0. The molecule has 0 bridgehead atoms. The number of fused-ring (bicyclic) bond motifs is 1. The molecule has 0 saturated carbocycles. The molecule has 0 radical (unpaired) electrons. The van der Waals surface area contributed by atoms with Crippen LogP contribution < -0.4 is 24.9 Å². The standard InChI is InChI=1S/C30H31N5O3S/c1-7-34-20(5)23(18(3)33-34)16-25-29(37)35-27(21-12-14-22(38-6)15-13-21)26(19(4)31-30(35)39-25)28(36)32-24-11-9-8-10-17(24)2/h8-16,27H,7H2,1-6H3,(H,32,36)/b25-16+/t27-/m0/s1. The average molecular weight is 542 g/mol. The van der Waals surface area contributed by atoms with Gasteiger partial charge in [-0.05, 0) is 70.0 Å². The lowest BCUT2D eigenvalue weighted by Gasteiger charge is -2.25. The minimum Gasteiger partial charge on any atom is -0.497 e. The van der Waals surface area contributed by atoms with Crippen LogP contribution >= 0.6 is 11.3 Å². The van der Waals surface area contributed by atoms with Crippen LogP contribution in [0.4, 0.5) is 5.69 Å². The minimum absolute atomic E-state index is 0.198. The number of carbonyl (C=O) groups excluding carboxylic acids is 1. The molecule has 5 rings (SSSR count). The van der Waals surface area contributed by atoms with Crippen molar-refractivity contribution < 1.29 is 9.53 Å². The molecule has 0 unspecified atom stereocenters. The third kappa shape index (κ3) is 4.74. The van der Waals surface area contributed by atoms with Crippen LogP contribution in [-0.4, -0.2) is 27.4 Å². The Labute approximate surface area is 230 Å². The molecule has 0 aliphatic carbocycles. The molecule has 1 aliphatic rings. The van der Waals surface area contributed by atoms with E-state index in [-0.39, 0.29) is 11.5 Å². The molecule has 1 N–H and O–H groups in total. The molecule has 200 valence electrons. The summed E-state index contributed by atoms with van der Waals surface area (Å²) in [6.45, 7) is 10.5. The van der Waals surface area contributed by atoms with Crippen LogP contribution in [0.1, 0.15) is 48.0 Å². The summed E-state index contributed by atoms with van der Waals surface area (Å²) in [6, 6.07) is 14.4. The maximum atomic E-state index is 14.0. The van der Waals surface area contributed by atoms with Crippen molar-refractivity contribution in [3.8, 4) is 5.75 Å². The Morgan fingerprint density at radius 1 is 1.10 bits per heavy atom. The Hall–Kier alpha value is -4.24. The fourth-order valence-corrected chi connectivity index (χ4v) is 6.00. The van der Waals surface area contributed by atoms with Crippen LogP contribution in [0.5, 0.6) is 5.75 Å². The number of rotatable bonds is 6. The van der Waals surface area contributed by atoms with Crippen LogP contribution in [0.3, 0.4) is 0 Å². The average Bonchev–Trinajstić information content (AvgIpc) is 3.38. The molecule has 2 aromatic carbocycles. The fraction of sp³-hybridized carbons (Fsp3) is 0.267. The molecule has 4 aromatic rings. The highest BCUT2D eigenvalue weighted by Gasteiger charge is 2.32. The van der Waals surface area contributed by atoms with Crippen molar-refractivity contribution >= 4 is 29.0 Å². The predicted molar refractivity (Wildman–Crippen MR) is 154 cm³/mol. The Morgan fingerprint density at radius 2 is 1.82 bits per heavy atom. The van der Waals surface area contributed by atoms with Gasteiger partial charge in [0.05, 0.1) is 34.6 Å². The van der Waals surface area contributed by atoms with Crippen molar-refractivity contribution in [2.24, 2.45) is 4.99 Å². The van der Waals surface area contributed by atoms with Crippen molar-refractivity contribution in [3.63, 3.8) is 0 Å². The molecule has 2 aromatic heterocycles. The zero-order valence-electron chi connectivity index (χ0n) is 22.9. The van der Waals surface area contributed by atoms with E-state index < -0.39 is 6.04 Å². The Bertz CT molecular complexity index is 1790. The number of nitrogens with one attached hydrogen (secondary N) is 1. The molecule has 1 aliphatic heterocycles. The first-order valence-corrected chi connectivity index (χ1v) is 13.6. The number of anilines is 1. The number of hydrogen-bond acceptors (Lipinski definition) is 6. The Kier molecular flexibility index (Phi) is 7.10.